The molecule has 1 N–H and O–H groups in total. The molecule has 132 valence electrons. The fraction of sp³-hybridized carbons (Fsp3) is 0.278. The van der Waals surface area contributed by atoms with Gasteiger partial charge in [-0.1, -0.05) is 17.7 Å². The Hall–Kier alpha value is -2.05. The highest BCUT2D eigenvalue weighted by atomic mass is 35.5. The van der Waals surface area contributed by atoms with Crippen LogP contribution in [0.3, 0.4) is 0 Å². The van der Waals surface area contributed by atoms with Crippen molar-refractivity contribution in [2.75, 3.05) is 9.62 Å². The van der Waals surface area contributed by atoms with Gasteiger partial charge in [-0.25, -0.2) is 8.42 Å². The summed E-state index contributed by atoms with van der Waals surface area (Å²) >= 11 is 6.05. The molecule has 0 fully saturated rings. The molecule has 1 atom stereocenters. The lowest BCUT2D eigenvalue weighted by molar-refractivity contribution is -0.116. The van der Waals surface area contributed by atoms with Gasteiger partial charge >= 0.3 is 0 Å². The molecule has 5 nitrogen and oxygen atoms in total. The zero-order valence-corrected chi connectivity index (χ0v) is 15.8. The van der Waals surface area contributed by atoms with Gasteiger partial charge in [0.2, 0.25) is 5.91 Å². The number of anilines is 2. The van der Waals surface area contributed by atoms with Gasteiger partial charge in [0.1, 0.15) is 0 Å². The summed E-state index contributed by atoms with van der Waals surface area (Å²) < 4.78 is 27.9. The summed E-state index contributed by atoms with van der Waals surface area (Å²) in [6.07, 6.45) is 0.634. The van der Waals surface area contributed by atoms with Crippen LogP contribution in [0.25, 0.3) is 0 Å². The average Bonchev–Trinajstić information content (AvgIpc) is 2.85. The highest BCUT2D eigenvalue weighted by Crippen LogP contribution is 2.34. The zero-order valence-electron chi connectivity index (χ0n) is 14.2. The van der Waals surface area contributed by atoms with Gasteiger partial charge in [-0.2, -0.15) is 0 Å². The fourth-order valence-corrected chi connectivity index (χ4v) is 4.41. The molecule has 3 rings (SSSR count). The molecule has 0 unspecified atom stereocenters. The number of amides is 1. The van der Waals surface area contributed by atoms with Crippen molar-refractivity contribution < 1.29 is 13.2 Å². The van der Waals surface area contributed by atoms with E-state index in [2.05, 4.69) is 4.72 Å². The van der Waals surface area contributed by atoms with Gasteiger partial charge in [-0.05, 0) is 61.7 Å². The van der Waals surface area contributed by atoms with Crippen LogP contribution in [-0.4, -0.2) is 20.4 Å². The largest absolute Gasteiger partial charge is 0.309 e. The minimum atomic E-state index is -3.73. The topological polar surface area (TPSA) is 66.5 Å². The Morgan fingerprint density at radius 2 is 1.96 bits per heavy atom. The number of carbonyl (C=O) groups excluding carboxylic acids is 1. The zero-order chi connectivity index (χ0) is 18.4. The maximum atomic E-state index is 12.7. The van der Waals surface area contributed by atoms with E-state index in [0.29, 0.717) is 17.1 Å². The van der Waals surface area contributed by atoms with Crippen molar-refractivity contribution in [3.05, 3.63) is 52.5 Å². The number of hydrogen-bond donors (Lipinski definition) is 1. The van der Waals surface area contributed by atoms with Gasteiger partial charge in [0.05, 0.1) is 10.6 Å². The number of nitrogens with one attached hydrogen (secondary N) is 1. The summed E-state index contributed by atoms with van der Waals surface area (Å²) in [5.41, 5.74) is 2.92. The van der Waals surface area contributed by atoms with Gasteiger partial charge in [0.25, 0.3) is 10.0 Å². The van der Waals surface area contributed by atoms with Crippen molar-refractivity contribution in [1.29, 1.82) is 0 Å². The van der Waals surface area contributed by atoms with Crippen LogP contribution in [0.4, 0.5) is 11.4 Å². The molecule has 25 heavy (non-hydrogen) atoms. The lowest BCUT2D eigenvalue weighted by Gasteiger charge is -2.20. The quantitative estimate of drug-likeness (QED) is 0.884. The molecule has 7 heteroatoms. The van der Waals surface area contributed by atoms with E-state index in [1.54, 1.807) is 35.2 Å². The first kappa shape index (κ1) is 17.8. The van der Waals surface area contributed by atoms with Crippen molar-refractivity contribution >= 4 is 38.9 Å². The summed E-state index contributed by atoms with van der Waals surface area (Å²) in [6.45, 7) is 5.31. The highest BCUT2D eigenvalue weighted by Gasteiger charge is 2.30. The normalized spacial score (nSPS) is 16.6. The van der Waals surface area contributed by atoms with E-state index >= 15 is 0 Å². The SMILES string of the molecule is CC(=O)N1c2ccc(S(=O)(=O)Nc3ccc(C)c(Cl)c3)cc2C[C@@H]1C. The second-order valence-corrected chi connectivity index (χ2v) is 8.39. The highest BCUT2D eigenvalue weighted by molar-refractivity contribution is 7.92. The second-order valence-electron chi connectivity index (χ2n) is 6.30. The summed E-state index contributed by atoms with van der Waals surface area (Å²) in [4.78, 5) is 13.6. The number of carbonyl (C=O) groups is 1. The van der Waals surface area contributed by atoms with E-state index in [1.807, 2.05) is 13.8 Å². The number of hydrogen-bond acceptors (Lipinski definition) is 3. The molecule has 0 aliphatic carbocycles. The molecule has 0 bridgehead atoms. The number of fused-ring (bicyclic) bond motifs is 1. The third kappa shape index (κ3) is 3.37. The fourth-order valence-electron chi connectivity index (χ4n) is 3.12. The number of rotatable bonds is 3. The first-order valence-corrected chi connectivity index (χ1v) is 9.77. The van der Waals surface area contributed by atoms with Crippen LogP contribution in [0.5, 0.6) is 0 Å². The minimum Gasteiger partial charge on any atom is -0.309 e. The molecule has 0 saturated carbocycles. The Morgan fingerprint density at radius 1 is 1.24 bits per heavy atom. The average molecular weight is 379 g/mol. The Morgan fingerprint density at radius 3 is 2.60 bits per heavy atom. The van der Waals surface area contributed by atoms with Gasteiger partial charge in [0, 0.05) is 23.7 Å². The number of halogens is 1. The Bertz CT molecular complexity index is 957. The molecule has 0 saturated heterocycles. The summed E-state index contributed by atoms with van der Waals surface area (Å²) in [5, 5.41) is 0.500. The number of aryl methyl sites for hydroxylation is 1. The summed E-state index contributed by atoms with van der Waals surface area (Å²) in [7, 11) is -3.73. The molecular formula is C18H19ClN2O3S. The molecule has 1 aliphatic rings. The maximum Gasteiger partial charge on any atom is 0.261 e. The Kier molecular flexibility index (Phi) is 4.51. The van der Waals surface area contributed by atoms with E-state index < -0.39 is 10.0 Å². The first-order chi connectivity index (χ1) is 11.7. The lowest BCUT2D eigenvalue weighted by Crippen LogP contribution is -2.33. The van der Waals surface area contributed by atoms with Crippen molar-refractivity contribution in [3.63, 3.8) is 0 Å². The third-order valence-electron chi connectivity index (χ3n) is 4.34. The predicted octanol–water partition coefficient (Wildman–Crippen LogP) is 3.75. The number of nitrogens with zero attached hydrogens (tertiary/aromatic N) is 1. The van der Waals surface area contributed by atoms with E-state index in [1.165, 1.54) is 13.0 Å². The van der Waals surface area contributed by atoms with Gasteiger partial charge in [-0.3, -0.25) is 9.52 Å². The molecule has 0 spiro atoms. The van der Waals surface area contributed by atoms with Crippen LogP contribution >= 0.6 is 11.6 Å². The van der Waals surface area contributed by atoms with Gasteiger partial charge in [-0.15, -0.1) is 0 Å². The molecule has 1 aliphatic heterocycles. The molecule has 2 aromatic carbocycles. The Labute approximate surface area is 152 Å². The predicted molar refractivity (Wildman–Crippen MR) is 99.8 cm³/mol. The van der Waals surface area contributed by atoms with E-state index in [4.69, 9.17) is 11.6 Å². The van der Waals surface area contributed by atoms with E-state index in [-0.39, 0.29) is 16.8 Å². The van der Waals surface area contributed by atoms with Crippen molar-refractivity contribution in [1.82, 2.24) is 0 Å². The molecular weight excluding hydrogens is 360 g/mol. The van der Waals surface area contributed by atoms with Crippen LogP contribution in [0, 0.1) is 6.92 Å². The smallest absolute Gasteiger partial charge is 0.261 e. The van der Waals surface area contributed by atoms with Crippen LogP contribution in [0.1, 0.15) is 25.0 Å². The molecule has 1 heterocycles. The van der Waals surface area contributed by atoms with E-state index in [0.717, 1.165) is 16.8 Å². The summed E-state index contributed by atoms with van der Waals surface area (Å²) in [6, 6.07) is 9.88. The first-order valence-electron chi connectivity index (χ1n) is 7.91. The van der Waals surface area contributed by atoms with Crippen LogP contribution in [0.2, 0.25) is 5.02 Å². The molecule has 0 aromatic heterocycles. The molecule has 0 radical (unpaired) electrons. The minimum absolute atomic E-state index is 0.0225. The van der Waals surface area contributed by atoms with Crippen LogP contribution < -0.4 is 9.62 Å². The van der Waals surface area contributed by atoms with Crippen molar-refractivity contribution in [2.45, 2.75) is 38.1 Å². The van der Waals surface area contributed by atoms with Crippen molar-refractivity contribution in [3.8, 4) is 0 Å². The van der Waals surface area contributed by atoms with Gasteiger partial charge in [0.15, 0.2) is 0 Å². The third-order valence-corrected chi connectivity index (χ3v) is 6.13. The Balaban J connectivity index is 1.93. The van der Waals surface area contributed by atoms with Crippen molar-refractivity contribution in [2.24, 2.45) is 0 Å². The van der Waals surface area contributed by atoms with Crippen LogP contribution in [-0.2, 0) is 21.2 Å². The van der Waals surface area contributed by atoms with Gasteiger partial charge < -0.3 is 4.90 Å². The van der Waals surface area contributed by atoms with E-state index in [9.17, 15) is 13.2 Å². The lowest BCUT2D eigenvalue weighted by atomic mass is 10.1. The monoisotopic (exact) mass is 378 g/mol. The molecule has 2 aromatic rings. The number of benzene rings is 2. The van der Waals surface area contributed by atoms with Crippen LogP contribution in [0.15, 0.2) is 41.3 Å². The number of sulfonamides is 1. The standard InChI is InChI=1S/C18H19ClN2O3S/c1-11-4-5-15(10-17(11)19)20-25(23,24)16-6-7-18-14(9-16)8-12(2)21(18)13(3)22/h4-7,9-10,12,20H,8H2,1-3H3/t12-/m0/s1. The molecule has 1 amide bonds. The maximum absolute atomic E-state index is 12.7. The second kappa shape index (κ2) is 6.35. The summed E-state index contributed by atoms with van der Waals surface area (Å²) in [5.74, 6) is -0.0470.